The number of furan rings is 1. The van der Waals surface area contributed by atoms with Gasteiger partial charge in [0.1, 0.15) is 11.6 Å². The summed E-state index contributed by atoms with van der Waals surface area (Å²) in [7, 11) is 2.98. The number of aryl methyl sites for hydroxylation is 1. The molecule has 1 N–H and O–H groups in total. The SMILES string of the molecule is CNC(c1ccc(C(=O)OC)o1)c1cccc(C)c1F. The molecule has 0 fully saturated rings. The molecule has 1 aromatic carbocycles. The summed E-state index contributed by atoms with van der Waals surface area (Å²) in [6.45, 7) is 1.70. The average Bonchev–Trinajstić information content (AvgIpc) is 2.93. The quantitative estimate of drug-likeness (QED) is 0.873. The maximum Gasteiger partial charge on any atom is 0.373 e. The molecular formula is C15H16FNO3. The van der Waals surface area contributed by atoms with Crippen LogP contribution in [0.1, 0.15) is 33.5 Å². The van der Waals surface area contributed by atoms with Crippen LogP contribution in [0.5, 0.6) is 0 Å². The highest BCUT2D eigenvalue weighted by Crippen LogP contribution is 2.27. The smallest absolute Gasteiger partial charge is 0.373 e. The van der Waals surface area contributed by atoms with E-state index in [1.165, 1.54) is 13.2 Å². The van der Waals surface area contributed by atoms with E-state index in [0.717, 1.165) is 0 Å². The van der Waals surface area contributed by atoms with Crippen LogP contribution >= 0.6 is 0 Å². The van der Waals surface area contributed by atoms with E-state index in [4.69, 9.17) is 4.42 Å². The Morgan fingerprint density at radius 1 is 1.35 bits per heavy atom. The zero-order chi connectivity index (χ0) is 14.7. The van der Waals surface area contributed by atoms with Crippen LogP contribution in [0.3, 0.4) is 0 Å². The number of nitrogens with one attached hydrogen (secondary N) is 1. The molecule has 0 aliphatic rings. The minimum Gasteiger partial charge on any atom is -0.463 e. The van der Waals surface area contributed by atoms with Gasteiger partial charge in [-0.25, -0.2) is 9.18 Å². The fourth-order valence-electron chi connectivity index (χ4n) is 2.06. The maximum atomic E-state index is 14.2. The number of methoxy groups -OCH3 is 1. The van der Waals surface area contributed by atoms with Gasteiger partial charge in [-0.2, -0.15) is 0 Å². The molecule has 0 aliphatic carbocycles. The third kappa shape index (κ3) is 2.58. The summed E-state index contributed by atoms with van der Waals surface area (Å²) in [5, 5.41) is 2.99. The van der Waals surface area contributed by atoms with E-state index in [1.807, 2.05) is 0 Å². The van der Waals surface area contributed by atoms with Gasteiger partial charge in [0.2, 0.25) is 5.76 Å². The number of benzene rings is 1. The number of ether oxygens (including phenoxy) is 1. The molecule has 0 saturated carbocycles. The summed E-state index contributed by atoms with van der Waals surface area (Å²) in [4.78, 5) is 11.4. The van der Waals surface area contributed by atoms with Gasteiger partial charge in [-0.1, -0.05) is 18.2 Å². The lowest BCUT2D eigenvalue weighted by Crippen LogP contribution is -2.18. The molecule has 5 heteroatoms. The fourth-order valence-corrected chi connectivity index (χ4v) is 2.06. The van der Waals surface area contributed by atoms with Gasteiger partial charge in [0, 0.05) is 5.56 Å². The average molecular weight is 277 g/mol. The van der Waals surface area contributed by atoms with E-state index in [2.05, 4.69) is 10.1 Å². The molecule has 0 amide bonds. The van der Waals surface area contributed by atoms with Gasteiger partial charge in [0.25, 0.3) is 0 Å². The highest BCUT2D eigenvalue weighted by molar-refractivity contribution is 5.86. The number of hydrogen-bond donors (Lipinski definition) is 1. The monoisotopic (exact) mass is 277 g/mol. The highest BCUT2D eigenvalue weighted by atomic mass is 19.1. The Kier molecular flexibility index (Phi) is 4.20. The predicted molar refractivity (Wildman–Crippen MR) is 72.1 cm³/mol. The molecule has 20 heavy (non-hydrogen) atoms. The lowest BCUT2D eigenvalue weighted by molar-refractivity contribution is 0.0562. The molecule has 0 aliphatic heterocycles. The van der Waals surface area contributed by atoms with Crippen molar-refractivity contribution >= 4 is 5.97 Å². The van der Waals surface area contributed by atoms with Crippen molar-refractivity contribution in [3.05, 3.63) is 58.8 Å². The molecular weight excluding hydrogens is 261 g/mol. The largest absolute Gasteiger partial charge is 0.463 e. The summed E-state index contributed by atoms with van der Waals surface area (Å²) in [5.41, 5.74) is 1.03. The second kappa shape index (κ2) is 5.88. The lowest BCUT2D eigenvalue weighted by atomic mass is 10.0. The molecule has 1 atom stereocenters. The summed E-state index contributed by atoms with van der Waals surface area (Å²) in [6, 6.07) is 7.85. The van der Waals surface area contributed by atoms with Crippen LogP contribution in [0.25, 0.3) is 0 Å². The Hall–Kier alpha value is -2.14. The van der Waals surface area contributed by atoms with Gasteiger partial charge >= 0.3 is 5.97 Å². The molecule has 106 valence electrons. The summed E-state index contributed by atoms with van der Waals surface area (Å²) >= 11 is 0. The van der Waals surface area contributed by atoms with Gasteiger partial charge in [-0.15, -0.1) is 0 Å². The Bertz CT molecular complexity index is 621. The van der Waals surface area contributed by atoms with Crippen molar-refractivity contribution in [2.75, 3.05) is 14.2 Å². The first-order valence-corrected chi connectivity index (χ1v) is 6.18. The Morgan fingerprint density at radius 3 is 2.75 bits per heavy atom. The van der Waals surface area contributed by atoms with Crippen molar-refractivity contribution in [3.63, 3.8) is 0 Å². The van der Waals surface area contributed by atoms with E-state index in [9.17, 15) is 9.18 Å². The van der Waals surface area contributed by atoms with Gasteiger partial charge < -0.3 is 14.5 Å². The summed E-state index contributed by atoms with van der Waals surface area (Å²) in [5.74, 6) is -0.299. The van der Waals surface area contributed by atoms with E-state index < -0.39 is 12.0 Å². The molecule has 0 bridgehead atoms. The van der Waals surface area contributed by atoms with Crippen LogP contribution < -0.4 is 5.32 Å². The molecule has 1 aromatic heterocycles. The van der Waals surface area contributed by atoms with Gasteiger partial charge in [-0.05, 0) is 31.7 Å². The number of rotatable bonds is 4. The van der Waals surface area contributed by atoms with E-state index >= 15 is 0 Å². The molecule has 0 saturated heterocycles. The van der Waals surface area contributed by atoms with Crippen molar-refractivity contribution in [1.29, 1.82) is 0 Å². The third-order valence-corrected chi connectivity index (χ3v) is 3.12. The van der Waals surface area contributed by atoms with Crippen molar-refractivity contribution in [1.82, 2.24) is 5.32 Å². The number of hydrogen-bond acceptors (Lipinski definition) is 4. The molecule has 0 spiro atoms. The molecule has 1 unspecified atom stereocenters. The van der Waals surface area contributed by atoms with E-state index in [-0.39, 0.29) is 11.6 Å². The second-order valence-corrected chi connectivity index (χ2v) is 4.39. The van der Waals surface area contributed by atoms with Gasteiger partial charge in [-0.3, -0.25) is 0 Å². The highest BCUT2D eigenvalue weighted by Gasteiger charge is 2.22. The summed E-state index contributed by atoms with van der Waals surface area (Å²) in [6.07, 6.45) is 0. The summed E-state index contributed by atoms with van der Waals surface area (Å²) < 4.78 is 24.2. The van der Waals surface area contributed by atoms with E-state index in [1.54, 1.807) is 38.2 Å². The normalized spacial score (nSPS) is 12.2. The minimum absolute atomic E-state index is 0.0933. The van der Waals surface area contributed by atoms with Crippen molar-refractivity contribution < 1.29 is 18.3 Å². The van der Waals surface area contributed by atoms with Crippen LogP contribution in [0.4, 0.5) is 4.39 Å². The van der Waals surface area contributed by atoms with E-state index in [0.29, 0.717) is 16.9 Å². The van der Waals surface area contributed by atoms with Crippen molar-refractivity contribution in [3.8, 4) is 0 Å². The van der Waals surface area contributed by atoms with Crippen LogP contribution in [-0.4, -0.2) is 20.1 Å². The zero-order valence-corrected chi connectivity index (χ0v) is 11.6. The van der Waals surface area contributed by atoms with Crippen molar-refractivity contribution in [2.45, 2.75) is 13.0 Å². The third-order valence-electron chi connectivity index (χ3n) is 3.12. The van der Waals surface area contributed by atoms with Crippen LogP contribution in [0.15, 0.2) is 34.7 Å². The Labute approximate surface area is 116 Å². The minimum atomic E-state index is -0.559. The van der Waals surface area contributed by atoms with Gasteiger partial charge in [0.15, 0.2) is 0 Å². The predicted octanol–water partition coefficient (Wildman–Crippen LogP) is 2.82. The molecule has 1 heterocycles. The van der Waals surface area contributed by atoms with Crippen molar-refractivity contribution in [2.24, 2.45) is 0 Å². The van der Waals surface area contributed by atoms with Crippen LogP contribution in [0.2, 0.25) is 0 Å². The van der Waals surface area contributed by atoms with Crippen LogP contribution in [-0.2, 0) is 4.74 Å². The first-order chi connectivity index (χ1) is 9.58. The first kappa shape index (κ1) is 14.3. The zero-order valence-electron chi connectivity index (χ0n) is 11.6. The molecule has 4 nitrogen and oxygen atoms in total. The number of carbonyl (C=O) groups is 1. The molecule has 2 aromatic rings. The Morgan fingerprint density at radius 2 is 2.10 bits per heavy atom. The number of esters is 1. The first-order valence-electron chi connectivity index (χ1n) is 6.18. The standard InChI is InChI=1S/C15H16FNO3/c1-9-5-4-6-10(13(9)16)14(17-2)11-7-8-12(20-11)15(18)19-3/h4-8,14,17H,1-3H3. The second-order valence-electron chi connectivity index (χ2n) is 4.39. The number of carbonyl (C=O) groups excluding carboxylic acids is 1. The van der Waals surface area contributed by atoms with Gasteiger partial charge in [0.05, 0.1) is 13.2 Å². The fraction of sp³-hybridized carbons (Fsp3) is 0.267. The Balaban J connectivity index is 2.40. The lowest BCUT2D eigenvalue weighted by Gasteiger charge is -2.15. The number of halogens is 1. The molecule has 0 radical (unpaired) electrons. The molecule has 2 rings (SSSR count). The van der Waals surface area contributed by atoms with Crippen LogP contribution in [0, 0.1) is 12.7 Å². The topological polar surface area (TPSA) is 51.5 Å². The maximum absolute atomic E-state index is 14.2.